The van der Waals surface area contributed by atoms with Crippen LogP contribution >= 0.6 is 0 Å². The number of hydrogen-bond acceptors (Lipinski definition) is 5. The predicted octanol–water partition coefficient (Wildman–Crippen LogP) is 1.26. The van der Waals surface area contributed by atoms with Crippen molar-refractivity contribution in [1.29, 1.82) is 0 Å². The third kappa shape index (κ3) is 3.21. The highest BCUT2D eigenvalue weighted by Gasteiger charge is 2.25. The van der Waals surface area contributed by atoms with Crippen molar-refractivity contribution in [3.05, 3.63) is 5.82 Å². The van der Waals surface area contributed by atoms with E-state index >= 15 is 0 Å². The third-order valence-corrected chi connectivity index (χ3v) is 3.05. The van der Waals surface area contributed by atoms with E-state index in [9.17, 15) is 4.79 Å². The summed E-state index contributed by atoms with van der Waals surface area (Å²) in [6, 6.07) is 0. The molecular formula is C12H19N3O3. The van der Waals surface area contributed by atoms with E-state index in [-0.39, 0.29) is 18.6 Å². The van der Waals surface area contributed by atoms with E-state index in [1.165, 1.54) is 6.42 Å². The SMILES string of the molecule is Cc1noc(OCC(=O)N2C[C@@H](C)C[C@H](C)C2)n1. The van der Waals surface area contributed by atoms with Gasteiger partial charge in [-0.15, -0.1) is 0 Å². The van der Waals surface area contributed by atoms with Crippen LogP contribution in [0.4, 0.5) is 0 Å². The van der Waals surface area contributed by atoms with Gasteiger partial charge >= 0.3 is 6.08 Å². The molecule has 0 aromatic carbocycles. The fourth-order valence-corrected chi connectivity index (χ4v) is 2.42. The van der Waals surface area contributed by atoms with Gasteiger partial charge in [-0.2, -0.15) is 4.98 Å². The largest absolute Gasteiger partial charge is 0.439 e. The Morgan fingerprint density at radius 1 is 1.44 bits per heavy atom. The summed E-state index contributed by atoms with van der Waals surface area (Å²) in [4.78, 5) is 17.7. The van der Waals surface area contributed by atoms with Crippen molar-refractivity contribution in [2.45, 2.75) is 27.2 Å². The van der Waals surface area contributed by atoms with Crippen LogP contribution in [0.2, 0.25) is 0 Å². The molecule has 0 unspecified atom stereocenters. The molecule has 2 heterocycles. The second-order valence-corrected chi connectivity index (χ2v) is 5.14. The number of carbonyl (C=O) groups excluding carboxylic acids is 1. The Labute approximate surface area is 106 Å². The number of nitrogens with zero attached hydrogens (tertiary/aromatic N) is 3. The standard InChI is InChI=1S/C12H19N3O3/c1-8-4-9(2)6-15(5-8)11(16)7-17-12-13-10(3)14-18-12/h8-9H,4-7H2,1-3H3/t8-,9-/m0/s1. The van der Waals surface area contributed by atoms with E-state index in [4.69, 9.17) is 9.26 Å². The van der Waals surface area contributed by atoms with Crippen molar-refractivity contribution in [3.63, 3.8) is 0 Å². The maximum atomic E-state index is 12.0. The highest BCUT2D eigenvalue weighted by Crippen LogP contribution is 2.21. The van der Waals surface area contributed by atoms with Gasteiger partial charge in [0.1, 0.15) is 0 Å². The van der Waals surface area contributed by atoms with Gasteiger partial charge in [0, 0.05) is 13.1 Å². The summed E-state index contributed by atoms with van der Waals surface area (Å²) >= 11 is 0. The molecule has 0 saturated carbocycles. The van der Waals surface area contributed by atoms with E-state index in [2.05, 4.69) is 24.0 Å². The summed E-state index contributed by atoms with van der Waals surface area (Å²) in [5.74, 6) is 1.56. The maximum absolute atomic E-state index is 12.0. The highest BCUT2D eigenvalue weighted by molar-refractivity contribution is 5.77. The first-order valence-corrected chi connectivity index (χ1v) is 6.25. The number of piperidine rings is 1. The molecule has 1 aliphatic heterocycles. The van der Waals surface area contributed by atoms with Gasteiger partial charge in [-0.05, 0) is 25.2 Å². The Bertz CT molecular complexity index is 408. The molecule has 6 heteroatoms. The lowest BCUT2D eigenvalue weighted by molar-refractivity contribution is -0.136. The number of amides is 1. The van der Waals surface area contributed by atoms with Crippen molar-refractivity contribution in [2.24, 2.45) is 11.8 Å². The van der Waals surface area contributed by atoms with E-state index in [0.29, 0.717) is 17.7 Å². The number of aromatic nitrogens is 2. The summed E-state index contributed by atoms with van der Waals surface area (Å²) in [6.45, 7) is 7.59. The molecule has 0 radical (unpaired) electrons. The van der Waals surface area contributed by atoms with Gasteiger partial charge in [0.2, 0.25) is 0 Å². The van der Waals surface area contributed by atoms with Gasteiger partial charge in [-0.25, -0.2) is 0 Å². The molecule has 18 heavy (non-hydrogen) atoms. The number of likely N-dealkylation sites (tertiary alicyclic amines) is 1. The molecule has 1 fully saturated rings. The second-order valence-electron chi connectivity index (χ2n) is 5.14. The molecule has 0 bridgehead atoms. The number of aryl methyl sites for hydroxylation is 1. The third-order valence-electron chi connectivity index (χ3n) is 3.05. The molecule has 0 aliphatic carbocycles. The predicted molar refractivity (Wildman–Crippen MR) is 64.1 cm³/mol. The maximum Gasteiger partial charge on any atom is 0.417 e. The first kappa shape index (κ1) is 12.9. The molecule has 0 spiro atoms. The minimum absolute atomic E-state index is 0.0238. The average molecular weight is 253 g/mol. The summed E-state index contributed by atoms with van der Waals surface area (Å²) in [6.07, 6.45) is 1.23. The van der Waals surface area contributed by atoms with Crippen LogP contribution < -0.4 is 4.74 Å². The number of carbonyl (C=O) groups is 1. The number of rotatable bonds is 3. The zero-order valence-corrected chi connectivity index (χ0v) is 11.0. The number of hydrogen-bond donors (Lipinski definition) is 0. The molecule has 1 saturated heterocycles. The summed E-state index contributed by atoms with van der Waals surface area (Å²) in [5.41, 5.74) is 0. The monoisotopic (exact) mass is 253 g/mol. The van der Waals surface area contributed by atoms with Gasteiger partial charge in [0.25, 0.3) is 5.91 Å². The summed E-state index contributed by atoms with van der Waals surface area (Å²) in [7, 11) is 0. The molecule has 1 aromatic heterocycles. The molecule has 0 N–H and O–H groups in total. The molecular weight excluding hydrogens is 234 g/mol. The van der Waals surface area contributed by atoms with Gasteiger partial charge in [0.05, 0.1) is 0 Å². The molecule has 1 amide bonds. The zero-order valence-electron chi connectivity index (χ0n) is 11.0. The Balaban J connectivity index is 1.84. The van der Waals surface area contributed by atoms with Crippen LogP contribution in [0.3, 0.4) is 0 Å². The van der Waals surface area contributed by atoms with Gasteiger partial charge in [-0.3, -0.25) is 9.32 Å². The fourth-order valence-electron chi connectivity index (χ4n) is 2.42. The average Bonchev–Trinajstić information content (AvgIpc) is 2.70. The lowest BCUT2D eigenvalue weighted by atomic mass is 9.92. The van der Waals surface area contributed by atoms with E-state index < -0.39 is 0 Å². The first-order valence-electron chi connectivity index (χ1n) is 6.25. The van der Waals surface area contributed by atoms with Crippen molar-refractivity contribution in [1.82, 2.24) is 15.0 Å². The molecule has 100 valence electrons. The Hall–Kier alpha value is -1.59. The van der Waals surface area contributed by atoms with Crippen LogP contribution in [0.1, 0.15) is 26.1 Å². The molecule has 1 aliphatic rings. The topological polar surface area (TPSA) is 68.5 Å². The number of ether oxygens (including phenoxy) is 1. The lowest BCUT2D eigenvalue weighted by Crippen LogP contribution is -2.44. The van der Waals surface area contributed by atoms with Crippen LogP contribution in [0.15, 0.2) is 4.52 Å². The van der Waals surface area contributed by atoms with Gasteiger partial charge in [-0.1, -0.05) is 19.0 Å². The molecule has 2 atom stereocenters. The smallest absolute Gasteiger partial charge is 0.417 e. The minimum Gasteiger partial charge on any atom is -0.439 e. The zero-order chi connectivity index (χ0) is 13.1. The van der Waals surface area contributed by atoms with Crippen LogP contribution in [-0.2, 0) is 4.79 Å². The van der Waals surface area contributed by atoms with Crippen LogP contribution in [0.5, 0.6) is 6.08 Å². The van der Waals surface area contributed by atoms with Crippen molar-refractivity contribution < 1.29 is 14.1 Å². The molecule has 2 rings (SSSR count). The fraction of sp³-hybridized carbons (Fsp3) is 0.750. The van der Waals surface area contributed by atoms with Crippen LogP contribution in [0, 0.1) is 18.8 Å². The van der Waals surface area contributed by atoms with E-state index in [0.717, 1.165) is 13.1 Å². The Morgan fingerprint density at radius 2 is 2.11 bits per heavy atom. The lowest BCUT2D eigenvalue weighted by Gasteiger charge is -2.34. The molecule has 1 aromatic rings. The van der Waals surface area contributed by atoms with Crippen LogP contribution in [0.25, 0.3) is 0 Å². The first-order chi connectivity index (χ1) is 8.54. The molecule has 6 nitrogen and oxygen atoms in total. The van der Waals surface area contributed by atoms with Gasteiger partial charge in [0.15, 0.2) is 12.4 Å². The highest BCUT2D eigenvalue weighted by atomic mass is 16.6. The van der Waals surface area contributed by atoms with Crippen molar-refractivity contribution in [3.8, 4) is 6.08 Å². The normalized spacial score (nSPS) is 24.1. The minimum atomic E-state index is -0.0406. The van der Waals surface area contributed by atoms with E-state index in [1.54, 1.807) is 6.92 Å². The van der Waals surface area contributed by atoms with E-state index in [1.807, 2.05) is 4.90 Å². The second kappa shape index (κ2) is 5.37. The van der Waals surface area contributed by atoms with Gasteiger partial charge < -0.3 is 9.64 Å². The quantitative estimate of drug-likeness (QED) is 0.811. The Morgan fingerprint density at radius 3 is 2.67 bits per heavy atom. The van der Waals surface area contributed by atoms with Crippen LogP contribution in [-0.4, -0.2) is 40.6 Å². The summed E-state index contributed by atoms with van der Waals surface area (Å²) < 4.78 is 9.97. The van der Waals surface area contributed by atoms with Crippen molar-refractivity contribution in [2.75, 3.05) is 19.7 Å². The Kier molecular flexibility index (Phi) is 3.84. The van der Waals surface area contributed by atoms with Crippen molar-refractivity contribution >= 4 is 5.91 Å². The summed E-state index contributed by atoms with van der Waals surface area (Å²) in [5, 5.41) is 3.60.